The lowest BCUT2D eigenvalue weighted by Crippen LogP contribution is -2.38. The molecule has 1 heterocycles. The first kappa shape index (κ1) is 17.2. The maximum Gasteiger partial charge on any atom is 0.253 e. The van der Waals surface area contributed by atoms with Crippen LogP contribution in [0.5, 0.6) is 0 Å². The Morgan fingerprint density at radius 3 is 2.44 bits per heavy atom. The van der Waals surface area contributed by atoms with Gasteiger partial charge in [-0.15, -0.1) is 0 Å². The minimum Gasteiger partial charge on any atom is -0.399 e. The summed E-state index contributed by atoms with van der Waals surface area (Å²) in [5.74, 6) is 0.785. The van der Waals surface area contributed by atoms with Crippen LogP contribution in [0.4, 0.5) is 0 Å². The van der Waals surface area contributed by atoms with E-state index in [1.54, 1.807) is 6.21 Å². The van der Waals surface area contributed by atoms with Crippen molar-refractivity contribution in [3.8, 4) is 0 Å². The Morgan fingerprint density at radius 1 is 1.12 bits per heavy atom. The number of hydrogen-bond acceptors (Lipinski definition) is 3. The van der Waals surface area contributed by atoms with Crippen molar-refractivity contribution >= 4 is 12.1 Å². The average molecular weight is 336 g/mol. The van der Waals surface area contributed by atoms with Gasteiger partial charge in [-0.05, 0) is 48.4 Å². The largest absolute Gasteiger partial charge is 0.399 e. The lowest BCUT2D eigenvalue weighted by molar-refractivity contribution is 0.0690. The molecule has 1 saturated heterocycles. The molecular weight excluding hydrogens is 312 g/mol. The Kier molecular flexibility index (Phi) is 5.83. The van der Waals surface area contributed by atoms with Gasteiger partial charge in [0.1, 0.15) is 7.11 Å². The fraction of sp³-hybridized carbons (Fsp3) is 0.333. The second-order valence-electron chi connectivity index (χ2n) is 6.46. The maximum absolute atomic E-state index is 12.7. The van der Waals surface area contributed by atoms with E-state index in [1.807, 2.05) is 29.2 Å². The molecule has 25 heavy (non-hydrogen) atoms. The molecule has 0 unspecified atom stereocenters. The lowest BCUT2D eigenvalue weighted by atomic mass is 9.90. The molecule has 3 rings (SSSR count). The zero-order valence-electron chi connectivity index (χ0n) is 14.6. The van der Waals surface area contributed by atoms with Crippen molar-refractivity contribution in [1.82, 2.24) is 4.90 Å². The quantitative estimate of drug-likeness (QED) is 0.616. The van der Waals surface area contributed by atoms with Crippen LogP contribution >= 0.6 is 0 Å². The van der Waals surface area contributed by atoms with Gasteiger partial charge in [0.05, 0.1) is 6.21 Å². The van der Waals surface area contributed by atoms with Gasteiger partial charge in [0.15, 0.2) is 0 Å². The minimum absolute atomic E-state index is 0.119. The third-order valence-electron chi connectivity index (χ3n) is 4.73. The van der Waals surface area contributed by atoms with Gasteiger partial charge in [0.2, 0.25) is 0 Å². The van der Waals surface area contributed by atoms with Gasteiger partial charge < -0.3 is 9.74 Å². The second kappa shape index (κ2) is 8.47. The normalized spacial score (nSPS) is 15.5. The number of hydrogen-bond donors (Lipinski definition) is 0. The van der Waals surface area contributed by atoms with Gasteiger partial charge in [-0.1, -0.05) is 47.6 Å². The van der Waals surface area contributed by atoms with Crippen LogP contribution in [0.15, 0.2) is 59.8 Å². The van der Waals surface area contributed by atoms with Gasteiger partial charge in [-0.25, -0.2) is 0 Å². The Morgan fingerprint density at radius 2 is 1.80 bits per heavy atom. The molecule has 4 nitrogen and oxygen atoms in total. The number of piperidine rings is 1. The molecule has 4 heteroatoms. The van der Waals surface area contributed by atoms with Crippen LogP contribution < -0.4 is 0 Å². The lowest BCUT2D eigenvalue weighted by Gasteiger charge is -2.32. The summed E-state index contributed by atoms with van der Waals surface area (Å²) in [5, 5.41) is 3.73. The molecule has 1 aliphatic rings. The van der Waals surface area contributed by atoms with Crippen LogP contribution in [0.2, 0.25) is 0 Å². The average Bonchev–Trinajstić information content (AvgIpc) is 2.68. The van der Waals surface area contributed by atoms with Crippen LogP contribution in [0.1, 0.15) is 34.3 Å². The molecule has 0 aromatic heterocycles. The Labute approximate surface area is 149 Å². The molecule has 0 saturated carbocycles. The number of oxime groups is 1. The smallest absolute Gasteiger partial charge is 0.253 e. The van der Waals surface area contributed by atoms with Gasteiger partial charge in [-0.3, -0.25) is 4.79 Å². The van der Waals surface area contributed by atoms with Crippen molar-refractivity contribution in [3.63, 3.8) is 0 Å². The molecule has 0 N–H and O–H groups in total. The predicted molar refractivity (Wildman–Crippen MR) is 99.8 cm³/mol. The zero-order valence-corrected chi connectivity index (χ0v) is 14.6. The Bertz CT molecular complexity index is 702. The number of rotatable bonds is 5. The summed E-state index contributed by atoms with van der Waals surface area (Å²) >= 11 is 0. The van der Waals surface area contributed by atoms with E-state index in [0.717, 1.165) is 43.5 Å². The third kappa shape index (κ3) is 4.69. The summed E-state index contributed by atoms with van der Waals surface area (Å²) in [6.07, 6.45) is 4.87. The van der Waals surface area contributed by atoms with E-state index in [4.69, 9.17) is 0 Å². The van der Waals surface area contributed by atoms with E-state index in [-0.39, 0.29) is 5.91 Å². The van der Waals surface area contributed by atoms with E-state index in [9.17, 15) is 4.79 Å². The summed E-state index contributed by atoms with van der Waals surface area (Å²) in [6, 6.07) is 18.1. The molecule has 1 amide bonds. The van der Waals surface area contributed by atoms with E-state index < -0.39 is 0 Å². The van der Waals surface area contributed by atoms with Crippen LogP contribution in [0.25, 0.3) is 0 Å². The van der Waals surface area contributed by atoms with E-state index >= 15 is 0 Å². The number of carbonyl (C=O) groups is 1. The fourth-order valence-electron chi connectivity index (χ4n) is 3.30. The number of nitrogens with zero attached hydrogens (tertiary/aromatic N) is 2. The highest BCUT2D eigenvalue weighted by molar-refractivity contribution is 5.95. The Balaban J connectivity index is 1.53. The van der Waals surface area contributed by atoms with Crippen LogP contribution in [0.3, 0.4) is 0 Å². The van der Waals surface area contributed by atoms with Gasteiger partial charge >= 0.3 is 0 Å². The highest BCUT2D eigenvalue weighted by Crippen LogP contribution is 2.23. The molecular formula is C21H24N2O2. The Hall–Kier alpha value is -2.62. The molecule has 0 bridgehead atoms. The highest BCUT2D eigenvalue weighted by atomic mass is 16.6. The molecule has 0 spiro atoms. The second-order valence-corrected chi connectivity index (χ2v) is 6.46. The first-order valence-corrected chi connectivity index (χ1v) is 8.76. The summed E-state index contributed by atoms with van der Waals surface area (Å²) < 4.78 is 0. The monoisotopic (exact) mass is 336 g/mol. The van der Waals surface area contributed by atoms with Crippen molar-refractivity contribution in [1.29, 1.82) is 0 Å². The first-order valence-electron chi connectivity index (χ1n) is 8.76. The summed E-state index contributed by atoms with van der Waals surface area (Å²) in [5.41, 5.74) is 3.04. The van der Waals surface area contributed by atoms with Crippen molar-refractivity contribution in [2.45, 2.75) is 19.3 Å². The van der Waals surface area contributed by atoms with Crippen molar-refractivity contribution in [2.75, 3.05) is 20.2 Å². The first-order chi connectivity index (χ1) is 12.3. The van der Waals surface area contributed by atoms with E-state index in [1.165, 1.54) is 12.7 Å². The fourth-order valence-corrected chi connectivity index (χ4v) is 3.30. The maximum atomic E-state index is 12.7. The molecule has 2 aromatic carbocycles. The minimum atomic E-state index is 0.119. The molecule has 0 aliphatic carbocycles. The summed E-state index contributed by atoms with van der Waals surface area (Å²) in [6.45, 7) is 1.67. The van der Waals surface area contributed by atoms with Crippen molar-refractivity contribution in [2.24, 2.45) is 11.1 Å². The number of likely N-dealkylation sites (tertiary alicyclic amines) is 1. The molecule has 0 radical (unpaired) electrons. The van der Waals surface area contributed by atoms with Crippen LogP contribution in [0, 0.1) is 5.92 Å². The van der Waals surface area contributed by atoms with Gasteiger partial charge in [0, 0.05) is 18.7 Å². The number of amides is 1. The van der Waals surface area contributed by atoms with Crippen LogP contribution in [-0.4, -0.2) is 37.2 Å². The molecule has 1 fully saturated rings. The molecule has 2 aromatic rings. The zero-order chi connectivity index (χ0) is 17.5. The van der Waals surface area contributed by atoms with Gasteiger partial charge in [0.25, 0.3) is 5.91 Å². The molecule has 1 aliphatic heterocycles. The molecule has 130 valence electrons. The third-order valence-corrected chi connectivity index (χ3v) is 4.73. The molecule has 0 atom stereocenters. The van der Waals surface area contributed by atoms with Crippen LogP contribution in [-0.2, 0) is 11.3 Å². The van der Waals surface area contributed by atoms with Crippen molar-refractivity contribution in [3.05, 3.63) is 71.3 Å². The van der Waals surface area contributed by atoms with E-state index in [2.05, 4.69) is 40.3 Å². The topological polar surface area (TPSA) is 41.9 Å². The predicted octanol–water partition coefficient (Wildman–Crippen LogP) is 3.76. The van der Waals surface area contributed by atoms with Crippen molar-refractivity contribution < 1.29 is 9.63 Å². The van der Waals surface area contributed by atoms with Gasteiger partial charge in [-0.2, -0.15) is 0 Å². The SMILES string of the molecule is CO/N=C/c1ccc(C(=O)N2CCC(Cc3ccccc3)CC2)cc1. The standard InChI is InChI=1S/C21H24N2O2/c1-25-22-16-19-7-9-20(10-8-19)21(24)23-13-11-18(12-14-23)15-17-5-3-2-4-6-17/h2-10,16,18H,11-15H2,1H3/b22-16+. The number of benzene rings is 2. The summed E-state index contributed by atoms with van der Waals surface area (Å²) in [4.78, 5) is 19.3. The number of carbonyl (C=O) groups excluding carboxylic acids is 1. The van der Waals surface area contributed by atoms with E-state index in [0.29, 0.717) is 5.92 Å². The summed E-state index contributed by atoms with van der Waals surface area (Å²) in [7, 11) is 1.51. The highest BCUT2D eigenvalue weighted by Gasteiger charge is 2.23.